The zero-order valence-electron chi connectivity index (χ0n) is 24.1. The summed E-state index contributed by atoms with van der Waals surface area (Å²) in [4.78, 5) is 15.7. The first-order chi connectivity index (χ1) is 20.6. The summed E-state index contributed by atoms with van der Waals surface area (Å²) in [6.45, 7) is 4.33. The van der Waals surface area contributed by atoms with Gasteiger partial charge in [0.1, 0.15) is 6.10 Å². The van der Waals surface area contributed by atoms with Gasteiger partial charge in [-0.1, -0.05) is 50.2 Å². The zero-order chi connectivity index (χ0) is 30.7. The minimum absolute atomic E-state index is 0.0350. The Labute approximate surface area is 250 Å². The van der Waals surface area contributed by atoms with Crippen molar-refractivity contribution in [2.24, 2.45) is 11.8 Å². The Morgan fingerprint density at radius 2 is 1.98 bits per heavy atom. The van der Waals surface area contributed by atoms with E-state index in [2.05, 4.69) is 10.3 Å². The van der Waals surface area contributed by atoms with Crippen molar-refractivity contribution in [3.05, 3.63) is 59.7 Å². The van der Waals surface area contributed by atoms with Crippen molar-refractivity contribution in [1.82, 2.24) is 14.6 Å². The highest BCUT2D eigenvalue weighted by atomic mass is 32.2. The van der Waals surface area contributed by atoms with E-state index >= 15 is 0 Å². The minimum atomic E-state index is -4.12. The van der Waals surface area contributed by atoms with Crippen molar-refractivity contribution < 1.29 is 37.6 Å². The molecule has 0 bridgehead atoms. The lowest BCUT2D eigenvalue weighted by molar-refractivity contribution is -0.0907. The number of amides is 1. The standard InChI is InChI=1S/C30H38N4O8S/c1-18(2)15-34(43(38,39)20-8-9-21-23(14-31)28(36)32-24(21)13-20)16-26(35)25(12-19-6-4-3-5-7-19)33-30(37)42-27-17-41-29-22(27)10-11-40-29/h3-9,13-14,18,22,25-27,29,31-32,35-36H,10-12,15-17H2,1-2H3,(H,33,37)/t22-,25+,26-,27+,29+/m1/s1. The Balaban J connectivity index is 1.37. The molecule has 2 saturated heterocycles. The molecule has 5 atom stereocenters. The summed E-state index contributed by atoms with van der Waals surface area (Å²) in [5, 5.41) is 32.4. The van der Waals surface area contributed by atoms with E-state index in [0.29, 0.717) is 17.5 Å². The maximum Gasteiger partial charge on any atom is 0.407 e. The molecule has 0 aliphatic carbocycles. The van der Waals surface area contributed by atoms with E-state index in [9.17, 15) is 23.4 Å². The number of carbonyl (C=O) groups excluding carboxylic acids is 1. The second-order valence-electron chi connectivity index (χ2n) is 11.4. The van der Waals surface area contributed by atoms with Gasteiger partial charge in [-0.25, -0.2) is 13.2 Å². The van der Waals surface area contributed by atoms with Gasteiger partial charge in [-0.2, -0.15) is 4.31 Å². The molecule has 2 aromatic carbocycles. The maximum absolute atomic E-state index is 13.9. The molecular formula is C30H38N4O8S. The molecule has 2 aliphatic rings. The number of aliphatic hydroxyl groups is 1. The number of aromatic nitrogens is 1. The molecule has 0 saturated carbocycles. The monoisotopic (exact) mass is 614 g/mol. The van der Waals surface area contributed by atoms with E-state index in [4.69, 9.17) is 19.6 Å². The third-order valence-corrected chi connectivity index (χ3v) is 9.67. The summed E-state index contributed by atoms with van der Waals surface area (Å²) in [5.41, 5.74) is 1.46. The van der Waals surface area contributed by atoms with Crippen LogP contribution >= 0.6 is 0 Å². The van der Waals surface area contributed by atoms with Gasteiger partial charge in [0.25, 0.3) is 0 Å². The van der Waals surface area contributed by atoms with Gasteiger partial charge in [-0.3, -0.25) is 0 Å². The van der Waals surface area contributed by atoms with Crippen molar-refractivity contribution in [3.8, 4) is 5.88 Å². The Morgan fingerprint density at radius 3 is 2.70 bits per heavy atom. The molecule has 3 aromatic rings. The number of aromatic hydroxyl groups is 1. The minimum Gasteiger partial charge on any atom is -0.494 e. The Hall–Kier alpha value is -3.49. The SMILES string of the molecule is CC(C)CN(C[C@@H](O)[C@H](Cc1ccccc1)NC(=O)O[C@H]1CO[C@@H]2OCC[C@@H]21)S(=O)(=O)c1ccc2c(C=N)c(O)[nH]c2c1. The van der Waals surface area contributed by atoms with Gasteiger partial charge in [0.05, 0.1) is 47.3 Å². The highest BCUT2D eigenvalue weighted by Crippen LogP contribution is 2.33. The maximum atomic E-state index is 13.9. The Kier molecular flexibility index (Phi) is 9.37. The molecule has 232 valence electrons. The molecule has 3 heterocycles. The van der Waals surface area contributed by atoms with Crippen LogP contribution in [0.2, 0.25) is 0 Å². The van der Waals surface area contributed by atoms with E-state index in [0.717, 1.165) is 18.2 Å². The van der Waals surface area contributed by atoms with E-state index in [-0.39, 0.29) is 60.6 Å². The average molecular weight is 615 g/mol. The van der Waals surface area contributed by atoms with E-state index < -0.39 is 34.4 Å². The first-order valence-electron chi connectivity index (χ1n) is 14.3. The lowest BCUT2D eigenvalue weighted by Crippen LogP contribution is -2.51. The number of aliphatic hydroxyl groups excluding tert-OH is 1. The third kappa shape index (κ3) is 6.86. The van der Waals surface area contributed by atoms with Crippen molar-refractivity contribution in [1.29, 1.82) is 5.41 Å². The predicted octanol–water partition coefficient (Wildman–Crippen LogP) is 2.98. The topological polar surface area (TPSA) is 174 Å². The van der Waals surface area contributed by atoms with Crippen LogP contribution in [0.3, 0.4) is 0 Å². The highest BCUT2D eigenvalue weighted by molar-refractivity contribution is 7.89. The van der Waals surface area contributed by atoms with E-state index in [1.165, 1.54) is 22.5 Å². The van der Waals surface area contributed by atoms with Crippen LogP contribution in [0.5, 0.6) is 5.88 Å². The van der Waals surface area contributed by atoms with Gasteiger partial charge >= 0.3 is 6.09 Å². The van der Waals surface area contributed by atoms with Crippen LogP contribution in [0.1, 0.15) is 31.4 Å². The molecular weight excluding hydrogens is 576 g/mol. The summed E-state index contributed by atoms with van der Waals surface area (Å²) in [7, 11) is -4.12. The van der Waals surface area contributed by atoms with Gasteiger partial charge in [0.2, 0.25) is 10.0 Å². The normalized spacial score (nSPS) is 21.7. The molecule has 0 spiro atoms. The van der Waals surface area contributed by atoms with Gasteiger partial charge in [-0.15, -0.1) is 0 Å². The summed E-state index contributed by atoms with van der Waals surface area (Å²) in [6.07, 6.45) is -0.918. The lowest BCUT2D eigenvalue weighted by Gasteiger charge is -2.31. The number of nitrogens with zero attached hydrogens (tertiary/aromatic N) is 1. The number of nitrogens with one attached hydrogen (secondary N) is 3. The highest BCUT2D eigenvalue weighted by Gasteiger charge is 2.44. The molecule has 5 rings (SSSR count). The number of alkyl carbamates (subject to hydrolysis) is 1. The quantitative estimate of drug-likeness (QED) is 0.194. The van der Waals surface area contributed by atoms with Gasteiger partial charge < -0.3 is 40.1 Å². The number of carbonyl (C=O) groups is 1. The molecule has 43 heavy (non-hydrogen) atoms. The first kappa shape index (κ1) is 31.0. The summed E-state index contributed by atoms with van der Waals surface area (Å²) in [5.74, 6) is -0.348. The third-order valence-electron chi connectivity index (χ3n) is 7.84. The Bertz CT molecular complexity index is 1540. The fourth-order valence-electron chi connectivity index (χ4n) is 5.68. The van der Waals surface area contributed by atoms with Crippen LogP contribution in [0, 0.1) is 17.2 Å². The van der Waals surface area contributed by atoms with Gasteiger partial charge in [-0.05, 0) is 36.5 Å². The van der Waals surface area contributed by atoms with Crippen molar-refractivity contribution in [3.63, 3.8) is 0 Å². The number of fused-ring (bicyclic) bond motifs is 2. The van der Waals surface area contributed by atoms with E-state index in [1.54, 1.807) is 0 Å². The second kappa shape index (κ2) is 13.0. The van der Waals surface area contributed by atoms with Crippen molar-refractivity contribution in [2.45, 2.75) is 56.1 Å². The molecule has 1 amide bonds. The van der Waals surface area contributed by atoms with Crippen LogP contribution in [-0.2, 0) is 30.7 Å². The molecule has 13 heteroatoms. The van der Waals surface area contributed by atoms with Crippen LogP contribution in [0.15, 0.2) is 53.4 Å². The Morgan fingerprint density at radius 1 is 1.21 bits per heavy atom. The fourth-order valence-corrected chi connectivity index (χ4v) is 7.32. The molecule has 0 radical (unpaired) electrons. The molecule has 0 unspecified atom stereocenters. The summed E-state index contributed by atoms with van der Waals surface area (Å²) < 4.78 is 45.8. The smallest absolute Gasteiger partial charge is 0.407 e. The molecule has 12 nitrogen and oxygen atoms in total. The lowest BCUT2D eigenvalue weighted by atomic mass is 10.0. The largest absolute Gasteiger partial charge is 0.494 e. The molecule has 1 aromatic heterocycles. The fraction of sp³-hybridized carbons (Fsp3) is 0.467. The average Bonchev–Trinajstić information content (AvgIpc) is 3.67. The first-order valence-corrected chi connectivity index (χ1v) is 15.8. The van der Waals surface area contributed by atoms with Gasteiger partial charge in [0, 0.05) is 24.7 Å². The molecule has 5 N–H and O–H groups in total. The second-order valence-corrected chi connectivity index (χ2v) is 13.4. The van der Waals surface area contributed by atoms with Crippen LogP contribution in [0.4, 0.5) is 4.79 Å². The number of H-pyrrole nitrogens is 1. The van der Waals surface area contributed by atoms with Crippen LogP contribution in [-0.4, -0.2) is 91.1 Å². The number of benzene rings is 2. The number of aromatic amines is 1. The predicted molar refractivity (Wildman–Crippen MR) is 159 cm³/mol. The van der Waals surface area contributed by atoms with Gasteiger partial charge in [0.15, 0.2) is 12.2 Å². The van der Waals surface area contributed by atoms with E-state index in [1.807, 2.05) is 44.2 Å². The number of rotatable bonds is 12. The number of sulfonamides is 1. The molecule has 2 aliphatic heterocycles. The number of hydrogen-bond donors (Lipinski definition) is 5. The number of hydrogen-bond acceptors (Lipinski definition) is 9. The van der Waals surface area contributed by atoms with Crippen molar-refractivity contribution in [2.75, 3.05) is 26.3 Å². The summed E-state index contributed by atoms with van der Waals surface area (Å²) >= 11 is 0. The zero-order valence-corrected chi connectivity index (χ0v) is 24.9. The number of ether oxygens (including phenoxy) is 3. The van der Waals surface area contributed by atoms with Crippen LogP contribution in [0.25, 0.3) is 10.9 Å². The van der Waals surface area contributed by atoms with Crippen LogP contribution < -0.4 is 5.32 Å². The molecule has 2 fully saturated rings. The summed E-state index contributed by atoms with van der Waals surface area (Å²) in [6, 6.07) is 12.8. The van der Waals surface area contributed by atoms with Crippen molar-refractivity contribution >= 4 is 33.2 Å².